The largest absolute Gasteiger partial charge is 0.346 e. The first kappa shape index (κ1) is 13.5. The van der Waals surface area contributed by atoms with Crippen LogP contribution in [0.4, 0.5) is 0 Å². The molecule has 1 heterocycles. The van der Waals surface area contributed by atoms with Crippen molar-refractivity contribution >= 4 is 10.9 Å². The highest BCUT2D eigenvalue weighted by Gasteiger charge is 2.03. The first-order valence-electron chi connectivity index (χ1n) is 7.12. The Bertz CT molecular complexity index is 789. The second-order valence-corrected chi connectivity index (χ2v) is 5.02. The second kappa shape index (κ2) is 6.30. The molecule has 0 bridgehead atoms. The lowest BCUT2D eigenvalue weighted by atomic mass is 10.2. The van der Waals surface area contributed by atoms with Crippen molar-refractivity contribution in [3.05, 3.63) is 71.9 Å². The number of rotatable bonds is 3. The molecule has 2 aromatic carbocycles. The van der Waals surface area contributed by atoms with Gasteiger partial charge in [-0.3, -0.25) is 0 Å². The lowest BCUT2D eigenvalue weighted by Gasteiger charge is -2.03. The molecule has 21 heavy (non-hydrogen) atoms. The molecule has 2 nitrogen and oxygen atoms in total. The smallest absolute Gasteiger partial charge is 0.0583 e. The number of para-hydroxylation sites is 1. The molecule has 1 aromatic heterocycles. The van der Waals surface area contributed by atoms with Crippen molar-refractivity contribution in [2.75, 3.05) is 6.54 Å². The molecule has 0 aliphatic carbocycles. The Hall–Kier alpha value is -2.50. The number of hydrogen-bond donors (Lipinski definition) is 1. The van der Waals surface area contributed by atoms with Crippen LogP contribution in [0.2, 0.25) is 0 Å². The van der Waals surface area contributed by atoms with E-state index in [1.54, 1.807) is 0 Å². The van der Waals surface area contributed by atoms with E-state index in [9.17, 15) is 0 Å². The lowest BCUT2D eigenvalue weighted by Crippen LogP contribution is -2.15. The van der Waals surface area contributed by atoms with Gasteiger partial charge in [-0.15, -0.1) is 0 Å². The lowest BCUT2D eigenvalue weighted by molar-refractivity contribution is 0.715. The van der Waals surface area contributed by atoms with E-state index in [0.29, 0.717) is 6.54 Å². The van der Waals surface area contributed by atoms with E-state index in [2.05, 4.69) is 59.1 Å². The first-order valence-corrected chi connectivity index (χ1v) is 7.12. The van der Waals surface area contributed by atoms with E-state index < -0.39 is 0 Å². The molecular weight excluding hydrogens is 256 g/mol. The highest BCUT2D eigenvalue weighted by Crippen LogP contribution is 2.17. The number of aromatic nitrogens is 1. The third-order valence-electron chi connectivity index (χ3n) is 3.58. The van der Waals surface area contributed by atoms with Gasteiger partial charge in [0.1, 0.15) is 0 Å². The third kappa shape index (κ3) is 3.16. The van der Waals surface area contributed by atoms with Crippen molar-refractivity contribution in [1.82, 2.24) is 9.88 Å². The topological polar surface area (TPSA) is 17.0 Å². The summed E-state index contributed by atoms with van der Waals surface area (Å²) in [4.78, 5) is 0. The summed E-state index contributed by atoms with van der Waals surface area (Å²) >= 11 is 0. The van der Waals surface area contributed by atoms with Gasteiger partial charge in [-0.2, -0.15) is 0 Å². The normalized spacial score (nSPS) is 10.3. The minimum absolute atomic E-state index is 0.691. The molecule has 0 aliphatic rings. The van der Waals surface area contributed by atoms with Gasteiger partial charge in [-0.05, 0) is 29.7 Å². The average Bonchev–Trinajstić information content (AvgIpc) is 2.85. The fourth-order valence-corrected chi connectivity index (χ4v) is 2.44. The van der Waals surface area contributed by atoms with Crippen LogP contribution in [0.3, 0.4) is 0 Å². The van der Waals surface area contributed by atoms with E-state index in [1.807, 2.05) is 30.3 Å². The van der Waals surface area contributed by atoms with Crippen LogP contribution in [0.15, 0.2) is 60.7 Å². The SMILES string of the molecule is Cn1c(CNCC#Cc2ccccc2)cc2ccccc21. The monoisotopic (exact) mass is 274 g/mol. The summed E-state index contributed by atoms with van der Waals surface area (Å²) in [7, 11) is 2.11. The van der Waals surface area contributed by atoms with Crippen molar-refractivity contribution in [2.45, 2.75) is 6.54 Å². The Morgan fingerprint density at radius 1 is 1.00 bits per heavy atom. The zero-order valence-electron chi connectivity index (χ0n) is 12.1. The number of nitrogens with zero attached hydrogens (tertiary/aromatic N) is 1. The van der Waals surface area contributed by atoms with E-state index >= 15 is 0 Å². The van der Waals surface area contributed by atoms with E-state index in [1.165, 1.54) is 16.6 Å². The Kier molecular flexibility index (Phi) is 4.04. The number of aryl methyl sites for hydroxylation is 1. The van der Waals surface area contributed by atoms with Crippen LogP contribution in [0.25, 0.3) is 10.9 Å². The van der Waals surface area contributed by atoms with Gasteiger partial charge in [0.15, 0.2) is 0 Å². The molecule has 0 aliphatic heterocycles. The molecule has 0 atom stereocenters. The van der Waals surface area contributed by atoms with Crippen LogP contribution >= 0.6 is 0 Å². The number of hydrogen-bond acceptors (Lipinski definition) is 1. The van der Waals surface area contributed by atoms with Gasteiger partial charge in [0.2, 0.25) is 0 Å². The van der Waals surface area contributed by atoms with Crippen molar-refractivity contribution in [1.29, 1.82) is 0 Å². The Balaban J connectivity index is 1.60. The van der Waals surface area contributed by atoms with Crippen LogP contribution in [-0.2, 0) is 13.6 Å². The molecular formula is C19H18N2. The van der Waals surface area contributed by atoms with Gasteiger partial charge in [-0.1, -0.05) is 48.2 Å². The highest BCUT2D eigenvalue weighted by atomic mass is 15.0. The summed E-state index contributed by atoms with van der Waals surface area (Å²) in [6.07, 6.45) is 0. The van der Waals surface area contributed by atoms with Gasteiger partial charge in [0.05, 0.1) is 6.54 Å². The molecule has 0 amide bonds. The van der Waals surface area contributed by atoms with E-state index in [-0.39, 0.29) is 0 Å². The predicted molar refractivity (Wildman–Crippen MR) is 87.9 cm³/mol. The highest BCUT2D eigenvalue weighted by molar-refractivity contribution is 5.81. The minimum Gasteiger partial charge on any atom is -0.346 e. The van der Waals surface area contributed by atoms with Crippen LogP contribution in [-0.4, -0.2) is 11.1 Å². The van der Waals surface area contributed by atoms with Crippen molar-refractivity contribution in [3.63, 3.8) is 0 Å². The van der Waals surface area contributed by atoms with Crippen LogP contribution < -0.4 is 5.32 Å². The molecule has 3 rings (SSSR count). The quantitative estimate of drug-likeness (QED) is 0.572. The molecule has 0 saturated carbocycles. The summed E-state index contributed by atoms with van der Waals surface area (Å²) in [5.41, 5.74) is 3.60. The maximum Gasteiger partial charge on any atom is 0.0583 e. The molecule has 0 radical (unpaired) electrons. The third-order valence-corrected chi connectivity index (χ3v) is 3.58. The maximum atomic E-state index is 3.38. The summed E-state index contributed by atoms with van der Waals surface area (Å²) in [6, 6.07) is 20.7. The minimum atomic E-state index is 0.691. The van der Waals surface area contributed by atoms with Gasteiger partial charge >= 0.3 is 0 Å². The average molecular weight is 274 g/mol. The molecule has 3 aromatic rings. The number of fused-ring (bicyclic) bond motifs is 1. The van der Waals surface area contributed by atoms with Crippen LogP contribution in [0.1, 0.15) is 11.3 Å². The summed E-state index contributed by atoms with van der Waals surface area (Å²) in [5.74, 6) is 6.31. The molecule has 104 valence electrons. The van der Waals surface area contributed by atoms with Gasteiger partial charge in [0.25, 0.3) is 0 Å². The molecule has 0 unspecified atom stereocenters. The predicted octanol–water partition coefficient (Wildman–Crippen LogP) is 3.32. The molecule has 0 fully saturated rings. The van der Waals surface area contributed by atoms with Gasteiger partial charge in [-0.25, -0.2) is 0 Å². The molecule has 2 heteroatoms. The summed E-state index contributed by atoms with van der Waals surface area (Å²) < 4.78 is 2.23. The first-order chi connectivity index (χ1) is 10.3. The fraction of sp³-hybridized carbons (Fsp3) is 0.158. The van der Waals surface area contributed by atoms with Crippen LogP contribution in [0, 0.1) is 11.8 Å². The van der Waals surface area contributed by atoms with E-state index in [0.717, 1.165) is 12.1 Å². The van der Waals surface area contributed by atoms with Gasteiger partial charge in [0, 0.05) is 30.4 Å². The van der Waals surface area contributed by atoms with Crippen molar-refractivity contribution < 1.29 is 0 Å². The second-order valence-electron chi connectivity index (χ2n) is 5.02. The maximum absolute atomic E-state index is 3.38. The van der Waals surface area contributed by atoms with Crippen molar-refractivity contribution in [2.24, 2.45) is 7.05 Å². The Morgan fingerprint density at radius 2 is 1.76 bits per heavy atom. The number of nitrogens with one attached hydrogen (secondary N) is 1. The van der Waals surface area contributed by atoms with Crippen LogP contribution in [0.5, 0.6) is 0 Å². The molecule has 1 N–H and O–H groups in total. The standard InChI is InChI=1S/C19H18N2/c1-21-18(14-17-11-5-6-12-19(17)21)15-20-13-7-10-16-8-3-2-4-9-16/h2-6,8-9,11-12,14,20H,13,15H2,1H3. The van der Waals surface area contributed by atoms with Crippen molar-refractivity contribution in [3.8, 4) is 11.8 Å². The molecule has 0 spiro atoms. The van der Waals surface area contributed by atoms with E-state index in [4.69, 9.17) is 0 Å². The summed E-state index contributed by atoms with van der Waals surface area (Å²) in [6.45, 7) is 1.52. The Labute approximate surface area is 125 Å². The van der Waals surface area contributed by atoms with Gasteiger partial charge < -0.3 is 9.88 Å². The number of benzene rings is 2. The zero-order valence-corrected chi connectivity index (χ0v) is 12.1. The molecule has 0 saturated heterocycles. The fourth-order valence-electron chi connectivity index (χ4n) is 2.44. The zero-order chi connectivity index (χ0) is 14.5. The Morgan fingerprint density at radius 3 is 2.57 bits per heavy atom. The summed E-state index contributed by atoms with van der Waals surface area (Å²) in [5, 5.41) is 4.66.